The highest BCUT2D eigenvalue weighted by atomic mass is 15.2. The molecule has 2 nitrogen and oxygen atoms in total. The van der Waals surface area contributed by atoms with Crippen molar-refractivity contribution < 1.29 is 0 Å². The molecule has 334 valence electrons. The molecule has 0 N–H and O–H groups in total. The van der Waals surface area contributed by atoms with E-state index in [1.165, 1.54) is 134 Å². The first-order valence-corrected chi connectivity index (χ1v) is 25.6. The zero-order valence-corrected chi connectivity index (χ0v) is 41.1. The van der Waals surface area contributed by atoms with Gasteiger partial charge >= 0.3 is 0 Å². The summed E-state index contributed by atoms with van der Waals surface area (Å²) in [6, 6.07) is 57.2. The maximum Gasteiger partial charge on any atom is 0.252 e. The average molecular weight is 873 g/mol. The number of benzene rings is 7. The second kappa shape index (κ2) is 14.1. The van der Waals surface area contributed by atoms with Gasteiger partial charge in [0, 0.05) is 34.1 Å². The zero-order chi connectivity index (χ0) is 45.8. The Hall–Kier alpha value is -5.80. The number of rotatable bonds is 5. The average Bonchev–Trinajstić information content (AvgIpc) is 3.65. The van der Waals surface area contributed by atoms with E-state index in [9.17, 15) is 0 Å². The van der Waals surface area contributed by atoms with Gasteiger partial charge in [0.15, 0.2) is 0 Å². The lowest BCUT2D eigenvalue weighted by Gasteiger charge is -2.49. The van der Waals surface area contributed by atoms with Crippen molar-refractivity contribution in [1.82, 2.24) is 0 Å². The number of nitrogens with zero attached hydrogens (tertiary/aromatic N) is 2. The second-order valence-corrected chi connectivity index (χ2v) is 24.4. The van der Waals surface area contributed by atoms with Gasteiger partial charge in [-0.05, 0) is 199 Å². The van der Waals surface area contributed by atoms with Crippen LogP contribution in [0.25, 0.3) is 22.3 Å². The molecule has 7 aliphatic rings. The summed E-state index contributed by atoms with van der Waals surface area (Å²) in [5.41, 5.74) is 25.3. The van der Waals surface area contributed by atoms with E-state index in [-0.39, 0.29) is 33.8 Å². The summed E-state index contributed by atoms with van der Waals surface area (Å²) in [6.07, 6.45) is 10.2. The molecule has 2 heterocycles. The molecule has 14 rings (SSSR count). The van der Waals surface area contributed by atoms with E-state index >= 15 is 0 Å². The van der Waals surface area contributed by atoms with Gasteiger partial charge in [0.25, 0.3) is 6.71 Å². The van der Waals surface area contributed by atoms with E-state index in [1.807, 2.05) is 0 Å². The molecule has 7 aromatic carbocycles. The minimum Gasteiger partial charge on any atom is -0.311 e. The molecule has 0 radical (unpaired) electrons. The van der Waals surface area contributed by atoms with E-state index in [0.29, 0.717) is 0 Å². The predicted octanol–water partition coefficient (Wildman–Crippen LogP) is 15.2. The molecular formula is C64H65BN2. The Labute approximate surface area is 400 Å². The van der Waals surface area contributed by atoms with Crippen LogP contribution in [0.5, 0.6) is 0 Å². The molecule has 3 heteroatoms. The maximum absolute atomic E-state index is 2.77. The van der Waals surface area contributed by atoms with Gasteiger partial charge in [0.1, 0.15) is 0 Å². The van der Waals surface area contributed by atoms with Crippen molar-refractivity contribution in [3.05, 3.63) is 173 Å². The molecule has 0 aromatic heterocycles. The highest BCUT2D eigenvalue weighted by Crippen LogP contribution is 2.57. The fourth-order valence-electron chi connectivity index (χ4n) is 15.4. The van der Waals surface area contributed by atoms with E-state index in [0.717, 1.165) is 18.8 Å². The lowest BCUT2D eigenvalue weighted by Crippen LogP contribution is -2.61. The van der Waals surface area contributed by atoms with Gasteiger partial charge in [0.2, 0.25) is 0 Å². The second-order valence-electron chi connectivity index (χ2n) is 24.4. The SMILES string of the molecule is CC1(C)CC(C)(C)c2cc(N3c4cc5c(cc4B4c6cc(-c7ccccc7)ccc6N(c6ccc(-c7ccccc7)cc6)c6cc(C78CCC(CC7)CC8)cc3c64)C(C)(C)CC5(C)C)ccc21. The topological polar surface area (TPSA) is 6.48 Å². The van der Waals surface area contributed by atoms with E-state index in [2.05, 4.69) is 211 Å². The summed E-state index contributed by atoms with van der Waals surface area (Å²) in [5.74, 6) is 0.893. The maximum atomic E-state index is 2.77. The Morgan fingerprint density at radius 1 is 0.403 bits per heavy atom. The predicted molar refractivity (Wildman–Crippen MR) is 286 cm³/mol. The molecule has 0 amide bonds. The quantitative estimate of drug-likeness (QED) is 0.159. The third-order valence-electron chi connectivity index (χ3n) is 18.2. The highest BCUT2D eigenvalue weighted by Gasteiger charge is 2.50. The van der Waals surface area contributed by atoms with Crippen molar-refractivity contribution >= 4 is 57.2 Å². The summed E-state index contributed by atoms with van der Waals surface area (Å²) in [4.78, 5) is 5.44. The van der Waals surface area contributed by atoms with Crippen LogP contribution < -0.4 is 26.2 Å². The van der Waals surface area contributed by atoms with Gasteiger partial charge < -0.3 is 9.80 Å². The van der Waals surface area contributed by atoms with E-state index in [1.54, 1.807) is 5.56 Å². The van der Waals surface area contributed by atoms with Gasteiger partial charge in [-0.3, -0.25) is 0 Å². The zero-order valence-electron chi connectivity index (χ0n) is 41.1. The Bertz CT molecular complexity index is 3130. The summed E-state index contributed by atoms with van der Waals surface area (Å²) in [6.45, 7) is 19.9. The standard InChI is InChI=1S/C64H65BN2/c1-60(2)39-61(3,4)50-36-48(24-25-49(50)60)67-56-38-52-51(62(5,6)40-63(52,7)8)37-54(56)65-53-33-45(43-17-13-10-14-18-43)21-26-55(53)66(47-22-19-44(20-23-47)42-15-11-9-12-16-42)57-34-46(35-58(67)59(57)65)64-30-27-41(28-31-64)29-32-64/h9-26,33-38,41H,27-32,39-40H2,1-8H3. The van der Waals surface area contributed by atoms with Crippen molar-refractivity contribution in [2.24, 2.45) is 5.92 Å². The van der Waals surface area contributed by atoms with E-state index < -0.39 is 0 Å². The van der Waals surface area contributed by atoms with Crippen molar-refractivity contribution in [2.75, 3.05) is 9.80 Å². The molecule has 3 fully saturated rings. The van der Waals surface area contributed by atoms with E-state index in [4.69, 9.17) is 0 Å². The van der Waals surface area contributed by atoms with Crippen LogP contribution in [0, 0.1) is 5.92 Å². The van der Waals surface area contributed by atoms with Crippen molar-refractivity contribution in [2.45, 2.75) is 134 Å². The number of hydrogen-bond acceptors (Lipinski definition) is 2. The normalized spacial score (nSPS) is 22.7. The van der Waals surface area contributed by atoms with Crippen LogP contribution >= 0.6 is 0 Å². The summed E-state index contributed by atoms with van der Waals surface area (Å²) in [7, 11) is 0. The van der Waals surface area contributed by atoms with Crippen molar-refractivity contribution in [3.63, 3.8) is 0 Å². The van der Waals surface area contributed by atoms with Gasteiger partial charge in [-0.2, -0.15) is 0 Å². The first-order chi connectivity index (χ1) is 32.1. The van der Waals surface area contributed by atoms with Crippen LogP contribution in [0.4, 0.5) is 34.1 Å². The van der Waals surface area contributed by atoms with Crippen LogP contribution in [0.1, 0.15) is 135 Å². The van der Waals surface area contributed by atoms with Crippen LogP contribution in [0.2, 0.25) is 0 Å². The molecule has 0 atom stereocenters. The summed E-state index contributed by atoms with van der Waals surface area (Å²) in [5, 5.41) is 0. The Morgan fingerprint density at radius 2 is 0.881 bits per heavy atom. The molecule has 7 aromatic rings. The molecule has 2 aliphatic heterocycles. The molecule has 0 unspecified atom stereocenters. The van der Waals surface area contributed by atoms with Gasteiger partial charge in [-0.25, -0.2) is 0 Å². The molecule has 67 heavy (non-hydrogen) atoms. The summed E-state index contributed by atoms with van der Waals surface area (Å²) >= 11 is 0. The number of anilines is 6. The van der Waals surface area contributed by atoms with Crippen LogP contribution in [0.3, 0.4) is 0 Å². The Kier molecular flexibility index (Phi) is 8.73. The molecular weight excluding hydrogens is 808 g/mol. The van der Waals surface area contributed by atoms with Gasteiger partial charge in [-0.1, -0.05) is 152 Å². The van der Waals surface area contributed by atoms with Gasteiger partial charge in [0.05, 0.1) is 0 Å². The van der Waals surface area contributed by atoms with Crippen LogP contribution in [0.15, 0.2) is 146 Å². The lowest BCUT2D eigenvalue weighted by molar-refractivity contribution is 0.136. The van der Waals surface area contributed by atoms with Crippen LogP contribution in [-0.2, 0) is 27.1 Å². The highest BCUT2D eigenvalue weighted by molar-refractivity contribution is 7.00. The van der Waals surface area contributed by atoms with Crippen LogP contribution in [-0.4, -0.2) is 6.71 Å². The monoisotopic (exact) mass is 873 g/mol. The fraction of sp³-hybridized carbons (Fsp3) is 0.344. The van der Waals surface area contributed by atoms with Crippen molar-refractivity contribution in [1.29, 1.82) is 0 Å². The lowest BCUT2D eigenvalue weighted by atomic mass is 9.33. The van der Waals surface area contributed by atoms with Crippen molar-refractivity contribution in [3.8, 4) is 22.3 Å². The Morgan fingerprint density at radius 3 is 1.49 bits per heavy atom. The Balaban J connectivity index is 1.14. The third kappa shape index (κ3) is 6.14. The van der Waals surface area contributed by atoms with Gasteiger partial charge in [-0.15, -0.1) is 0 Å². The molecule has 3 saturated carbocycles. The molecule has 0 saturated heterocycles. The fourth-order valence-corrected chi connectivity index (χ4v) is 15.4. The number of hydrogen-bond donors (Lipinski definition) is 0. The third-order valence-corrected chi connectivity index (χ3v) is 18.2. The first-order valence-electron chi connectivity index (χ1n) is 25.6. The molecule has 5 aliphatic carbocycles. The molecule has 2 bridgehead atoms. The largest absolute Gasteiger partial charge is 0.311 e. The first kappa shape index (κ1) is 41.4. The minimum absolute atomic E-state index is 0.0537. The summed E-state index contributed by atoms with van der Waals surface area (Å²) < 4.78 is 0. The number of fused-ring (bicyclic) bond motifs is 9. The molecule has 0 spiro atoms. The minimum atomic E-state index is 0.0537. The smallest absolute Gasteiger partial charge is 0.252 e.